The third kappa shape index (κ3) is 18.8. The Hall–Kier alpha value is -1.58. The molecule has 0 heterocycles. The van der Waals surface area contributed by atoms with E-state index in [0.717, 1.165) is 12.8 Å². The van der Waals surface area contributed by atoms with E-state index in [4.69, 9.17) is 9.47 Å². The first kappa shape index (κ1) is 24.4. The Morgan fingerprint density at radius 2 is 1.04 bits per heavy atom. The van der Waals surface area contributed by atoms with E-state index in [9.17, 15) is 9.59 Å². The average Bonchev–Trinajstić information content (AvgIpc) is 2.64. The summed E-state index contributed by atoms with van der Waals surface area (Å²) in [6.45, 7) is 4.94. The van der Waals surface area contributed by atoms with Crippen molar-refractivity contribution in [3.63, 3.8) is 0 Å². The average molecular weight is 367 g/mol. The van der Waals surface area contributed by atoms with Gasteiger partial charge in [0.2, 0.25) is 0 Å². The van der Waals surface area contributed by atoms with Crippen molar-refractivity contribution in [1.82, 2.24) is 0 Å². The smallest absolute Gasteiger partial charge is 0.306 e. The quantitative estimate of drug-likeness (QED) is 0.182. The number of carbonyl (C=O) groups excluding carboxylic acids is 2. The minimum atomic E-state index is -0.357. The van der Waals surface area contributed by atoms with Gasteiger partial charge in [0.15, 0.2) is 0 Å². The molecule has 0 saturated carbocycles. The largest absolute Gasteiger partial charge is 0.461 e. The van der Waals surface area contributed by atoms with Crippen molar-refractivity contribution in [2.24, 2.45) is 0 Å². The zero-order valence-corrected chi connectivity index (χ0v) is 16.8. The van der Waals surface area contributed by atoms with E-state index in [1.165, 1.54) is 51.4 Å². The van der Waals surface area contributed by atoms with Gasteiger partial charge in [-0.2, -0.15) is 0 Å². The van der Waals surface area contributed by atoms with Crippen LogP contribution in [0.2, 0.25) is 0 Å². The molecule has 4 nitrogen and oxygen atoms in total. The molecule has 0 radical (unpaired) electrons. The number of allylic oxidation sites excluding steroid dienone is 2. The SMILES string of the molecule is CCCCCC/C=C\COC(=O)CCC(=O)OC/C=C\CCCCCC. The van der Waals surface area contributed by atoms with Crippen LogP contribution in [0.3, 0.4) is 0 Å². The second-order valence-electron chi connectivity index (χ2n) is 6.51. The minimum Gasteiger partial charge on any atom is -0.461 e. The lowest BCUT2D eigenvalue weighted by Crippen LogP contribution is -2.10. The highest BCUT2D eigenvalue weighted by molar-refractivity contribution is 5.77. The molecule has 0 aliphatic carbocycles. The van der Waals surface area contributed by atoms with Crippen LogP contribution in [0.4, 0.5) is 0 Å². The number of esters is 2. The number of hydrogen-bond donors (Lipinski definition) is 0. The van der Waals surface area contributed by atoms with Crippen LogP contribution in [0.1, 0.15) is 90.9 Å². The maximum atomic E-state index is 11.5. The number of unbranched alkanes of at least 4 members (excludes halogenated alkanes) is 8. The Bertz CT molecular complexity index is 361. The van der Waals surface area contributed by atoms with Crippen LogP contribution in [-0.2, 0) is 19.1 Å². The molecule has 0 aromatic carbocycles. The monoisotopic (exact) mass is 366 g/mol. The van der Waals surface area contributed by atoms with Gasteiger partial charge in [-0.25, -0.2) is 0 Å². The number of carbonyl (C=O) groups is 2. The van der Waals surface area contributed by atoms with Crippen LogP contribution < -0.4 is 0 Å². The van der Waals surface area contributed by atoms with Crippen molar-refractivity contribution >= 4 is 11.9 Å². The van der Waals surface area contributed by atoms with Crippen molar-refractivity contribution < 1.29 is 19.1 Å². The summed E-state index contributed by atoms with van der Waals surface area (Å²) in [6, 6.07) is 0. The summed E-state index contributed by atoms with van der Waals surface area (Å²) in [5, 5.41) is 0. The third-order valence-corrected chi connectivity index (χ3v) is 4.00. The molecule has 0 atom stereocenters. The second kappa shape index (κ2) is 19.7. The predicted molar refractivity (Wildman–Crippen MR) is 107 cm³/mol. The van der Waals surface area contributed by atoms with Gasteiger partial charge in [0.1, 0.15) is 13.2 Å². The van der Waals surface area contributed by atoms with Gasteiger partial charge in [-0.3, -0.25) is 9.59 Å². The molecule has 0 aromatic heterocycles. The summed E-state index contributed by atoms with van der Waals surface area (Å²) in [5.74, 6) is -0.715. The van der Waals surface area contributed by atoms with Gasteiger partial charge in [0.05, 0.1) is 12.8 Å². The Balaban J connectivity index is 3.51. The normalized spacial score (nSPS) is 11.3. The molecule has 0 rings (SSSR count). The third-order valence-electron chi connectivity index (χ3n) is 4.00. The highest BCUT2D eigenvalue weighted by Gasteiger charge is 2.07. The Morgan fingerprint density at radius 1 is 0.615 bits per heavy atom. The van der Waals surface area contributed by atoms with Crippen LogP contribution in [0.15, 0.2) is 24.3 Å². The molecule has 0 spiro atoms. The van der Waals surface area contributed by atoms with E-state index in [1.807, 2.05) is 24.3 Å². The molecule has 0 aromatic rings. The van der Waals surface area contributed by atoms with Crippen molar-refractivity contribution in [1.29, 1.82) is 0 Å². The number of ether oxygens (including phenoxy) is 2. The minimum absolute atomic E-state index is 0.0733. The topological polar surface area (TPSA) is 52.6 Å². The van der Waals surface area contributed by atoms with Gasteiger partial charge in [0, 0.05) is 0 Å². The maximum absolute atomic E-state index is 11.5. The molecule has 0 saturated heterocycles. The van der Waals surface area contributed by atoms with Gasteiger partial charge in [-0.15, -0.1) is 0 Å². The first-order chi connectivity index (χ1) is 12.7. The van der Waals surface area contributed by atoms with Gasteiger partial charge in [-0.05, 0) is 25.7 Å². The Labute approximate surface area is 160 Å². The molecule has 150 valence electrons. The fraction of sp³-hybridized carbons (Fsp3) is 0.727. The first-order valence-corrected chi connectivity index (χ1v) is 10.3. The number of hydrogen-bond acceptors (Lipinski definition) is 4. The predicted octanol–water partition coefficient (Wildman–Crippen LogP) is 5.91. The summed E-state index contributed by atoms with van der Waals surface area (Å²) >= 11 is 0. The summed E-state index contributed by atoms with van der Waals surface area (Å²) in [5.41, 5.74) is 0. The van der Waals surface area contributed by atoms with E-state index in [0.29, 0.717) is 0 Å². The van der Waals surface area contributed by atoms with Gasteiger partial charge < -0.3 is 9.47 Å². The molecular weight excluding hydrogens is 328 g/mol. The second-order valence-corrected chi connectivity index (χ2v) is 6.51. The van der Waals surface area contributed by atoms with Gasteiger partial charge in [-0.1, -0.05) is 76.7 Å². The molecule has 0 N–H and O–H groups in total. The van der Waals surface area contributed by atoms with Crippen molar-refractivity contribution in [3.05, 3.63) is 24.3 Å². The lowest BCUT2D eigenvalue weighted by molar-refractivity contribution is -0.149. The lowest BCUT2D eigenvalue weighted by atomic mass is 10.1. The molecule has 0 fully saturated rings. The van der Waals surface area contributed by atoms with Gasteiger partial charge >= 0.3 is 11.9 Å². The Kier molecular flexibility index (Phi) is 18.5. The van der Waals surface area contributed by atoms with E-state index in [2.05, 4.69) is 13.8 Å². The van der Waals surface area contributed by atoms with Crippen LogP contribution in [-0.4, -0.2) is 25.2 Å². The van der Waals surface area contributed by atoms with Crippen LogP contribution in [0.25, 0.3) is 0 Å². The standard InChI is InChI=1S/C22H38O4/c1-3-5-7-9-11-13-15-19-25-21(23)17-18-22(24)26-20-16-14-12-10-8-6-4-2/h13-16H,3-12,17-20H2,1-2H3/b15-13-,16-14-. The molecule has 0 aliphatic heterocycles. The zero-order valence-electron chi connectivity index (χ0n) is 16.8. The zero-order chi connectivity index (χ0) is 19.3. The maximum Gasteiger partial charge on any atom is 0.306 e. The lowest BCUT2D eigenvalue weighted by Gasteiger charge is -2.03. The number of rotatable bonds is 17. The highest BCUT2D eigenvalue weighted by Crippen LogP contribution is 2.04. The van der Waals surface area contributed by atoms with Crippen molar-refractivity contribution in [2.45, 2.75) is 90.9 Å². The van der Waals surface area contributed by atoms with Gasteiger partial charge in [0.25, 0.3) is 0 Å². The fourth-order valence-electron chi connectivity index (χ4n) is 2.38. The molecule has 4 heteroatoms. The van der Waals surface area contributed by atoms with Crippen molar-refractivity contribution in [2.75, 3.05) is 13.2 Å². The van der Waals surface area contributed by atoms with Crippen LogP contribution in [0, 0.1) is 0 Å². The first-order valence-electron chi connectivity index (χ1n) is 10.3. The summed E-state index contributed by atoms with van der Waals surface area (Å²) in [7, 11) is 0. The van der Waals surface area contributed by atoms with Crippen LogP contribution in [0.5, 0.6) is 0 Å². The van der Waals surface area contributed by atoms with E-state index in [-0.39, 0.29) is 38.0 Å². The molecule has 0 amide bonds. The molecular formula is C22H38O4. The molecule has 0 unspecified atom stereocenters. The highest BCUT2D eigenvalue weighted by atomic mass is 16.5. The summed E-state index contributed by atoms with van der Waals surface area (Å²) in [6.07, 6.45) is 19.9. The van der Waals surface area contributed by atoms with Crippen molar-refractivity contribution in [3.8, 4) is 0 Å². The Morgan fingerprint density at radius 3 is 1.42 bits per heavy atom. The fourth-order valence-corrected chi connectivity index (χ4v) is 2.38. The van der Waals surface area contributed by atoms with E-state index in [1.54, 1.807) is 0 Å². The van der Waals surface area contributed by atoms with E-state index >= 15 is 0 Å². The summed E-state index contributed by atoms with van der Waals surface area (Å²) in [4.78, 5) is 23.1. The van der Waals surface area contributed by atoms with E-state index < -0.39 is 0 Å². The molecule has 26 heavy (non-hydrogen) atoms. The molecule has 0 aliphatic rings. The molecule has 0 bridgehead atoms. The summed E-state index contributed by atoms with van der Waals surface area (Å²) < 4.78 is 10.1. The van der Waals surface area contributed by atoms with Crippen LogP contribution >= 0.6 is 0 Å².